The van der Waals surface area contributed by atoms with Crippen LogP contribution in [0, 0.1) is 6.92 Å². The van der Waals surface area contributed by atoms with Crippen molar-refractivity contribution in [2.24, 2.45) is 0 Å². The number of benzene rings is 1. The van der Waals surface area contributed by atoms with Gasteiger partial charge in [-0.15, -0.1) is 0 Å². The zero-order chi connectivity index (χ0) is 20.7. The van der Waals surface area contributed by atoms with Crippen LogP contribution < -0.4 is 5.32 Å². The molecule has 2 aromatic rings. The molecule has 0 bridgehead atoms. The molecular formula is C19H24Cl2N4O3. The molecule has 0 aliphatic carbocycles. The van der Waals surface area contributed by atoms with Gasteiger partial charge in [-0.3, -0.25) is 9.59 Å². The Hall–Kier alpha value is -2.09. The molecule has 9 heteroatoms. The van der Waals surface area contributed by atoms with Gasteiger partial charge in [-0.25, -0.2) is 0 Å². The molecule has 1 aromatic carbocycles. The maximum atomic E-state index is 13.0. The van der Waals surface area contributed by atoms with E-state index in [0.717, 1.165) is 13.1 Å². The molecule has 152 valence electrons. The summed E-state index contributed by atoms with van der Waals surface area (Å²) in [4.78, 5) is 29.1. The van der Waals surface area contributed by atoms with E-state index >= 15 is 0 Å². The summed E-state index contributed by atoms with van der Waals surface area (Å²) >= 11 is 12.0. The van der Waals surface area contributed by atoms with Crippen molar-refractivity contribution in [2.45, 2.75) is 20.8 Å². The van der Waals surface area contributed by atoms with Crippen LogP contribution in [0.15, 0.2) is 28.8 Å². The first-order valence-corrected chi connectivity index (χ1v) is 9.79. The van der Waals surface area contributed by atoms with Gasteiger partial charge in [0.25, 0.3) is 5.91 Å². The number of aromatic nitrogens is 1. The second kappa shape index (κ2) is 10.5. The van der Waals surface area contributed by atoms with Crippen LogP contribution in [0.5, 0.6) is 0 Å². The molecule has 0 atom stereocenters. The number of nitrogens with zero attached hydrogens (tertiary/aromatic N) is 3. The monoisotopic (exact) mass is 426 g/mol. The molecule has 0 spiro atoms. The second-order valence-corrected chi connectivity index (χ2v) is 7.07. The van der Waals surface area contributed by atoms with E-state index in [9.17, 15) is 9.59 Å². The van der Waals surface area contributed by atoms with Crippen LogP contribution in [-0.2, 0) is 4.79 Å². The predicted molar refractivity (Wildman–Crippen MR) is 110 cm³/mol. The number of carbonyl (C=O) groups is 2. The lowest BCUT2D eigenvalue weighted by molar-refractivity contribution is -0.117. The SMILES string of the molecule is CCN(CC)CCN(CC(=O)Nc1cc(C)on1)C(=O)c1ccc(Cl)c(Cl)c1. The minimum absolute atomic E-state index is 0.119. The largest absolute Gasteiger partial charge is 0.360 e. The summed E-state index contributed by atoms with van der Waals surface area (Å²) in [5.74, 6) is 0.243. The molecule has 0 radical (unpaired) electrons. The van der Waals surface area contributed by atoms with Gasteiger partial charge < -0.3 is 19.6 Å². The van der Waals surface area contributed by atoms with Crippen LogP contribution in [0.2, 0.25) is 10.0 Å². The summed E-state index contributed by atoms with van der Waals surface area (Å²) in [6.45, 7) is 8.47. The second-order valence-electron chi connectivity index (χ2n) is 6.25. The number of anilines is 1. The molecule has 28 heavy (non-hydrogen) atoms. The number of nitrogens with one attached hydrogen (secondary N) is 1. The lowest BCUT2D eigenvalue weighted by Crippen LogP contribution is -2.42. The standard InChI is InChI=1S/C19H24Cl2N4O3/c1-4-24(5-2)8-9-25(12-18(26)22-17-10-13(3)28-23-17)19(27)14-6-7-15(20)16(21)11-14/h6-7,10-11H,4-5,8-9,12H2,1-3H3,(H,22,23,26). The number of rotatable bonds is 9. The van der Waals surface area contributed by atoms with E-state index in [1.165, 1.54) is 11.0 Å². The third-order valence-electron chi connectivity index (χ3n) is 4.26. The van der Waals surface area contributed by atoms with Crippen molar-refractivity contribution in [1.29, 1.82) is 0 Å². The summed E-state index contributed by atoms with van der Waals surface area (Å²) in [6.07, 6.45) is 0. The fourth-order valence-electron chi connectivity index (χ4n) is 2.65. The number of aryl methyl sites for hydroxylation is 1. The molecule has 7 nitrogen and oxygen atoms in total. The quantitative estimate of drug-likeness (QED) is 0.660. The van der Waals surface area contributed by atoms with Crippen LogP contribution in [-0.4, -0.2) is 59.5 Å². The van der Waals surface area contributed by atoms with Gasteiger partial charge in [0, 0.05) is 24.7 Å². The highest BCUT2D eigenvalue weighted by Gasteiger charge is 2.21. The zero-order valence-electron chi connectivity index (χ0n) is 16.2. The molecular weight excluding hydrogens is 403 g/mol. The Labute approximate surface area is 174 Å². The van der Waals surface area contributed by atoms with Crippen molar-refractivity contribution in [1.82, 2.24) is 15.0 Å². The van der Waals surface area contributed by atoms with Crippen molar-refractivity contribution in [3.63, 3.8) is 0 Å². The minimum atomic E-state index is -0.360. The van der Waals surface area contributed by atoms with Gasteiger partial charge in [-0.05, 0) is 38.2 Å². The molecule has 1 aromatic heterocycles. The third kappa shape index (κ3) is 6.22. The van der Waals surface area contributed by atoms with Crippen LogP contribution in [0.1, 0.15) is 30.0 Å². The number of carbonyl (C=O) groups excluding carboxylic acids is 2. The number of hydrogen-bond donors (Lipinski definition) is 1. The van der Waals surface area contributed by atoms with E-state index in [1.54, 1.807) is 25.1 Å². The van der Waals surface area contributed by atoms with Gasteiger partial charge in [0.05, 0.1) is 10.0 Å². The van der Waals surface area contributed by atoms with E-state index in [1.807, 2.05) is 13.8 Å². The van der Waals surface area contributed by atoms with Crippen molar-refractivity contribution >= 4 is 40.8 Å². The van der Waals surface area contributed by atoms with Gasteiger partial charge in [0.15, 0.2) is 5.82 Å². The Morgan fingerprint density at radius 2 is 1.82 bits per heavy atom. The van der Waals surface area contributed by atoms with Crippen molar-refractivity contribution in [2.75, 3.05) is 38.0 Å². The molecule has 2 amide bonds. The van der Waals surface area contributed by atoms with Crippen molar-refractivity contribution in [3.05, 3.63) is 45.6 Å². The summed E-state index contributed by atoms with van der Waals surface area (Å²) in [5, 5.41) is 7.03. The normalized spacial score (nSPS) is 10.9. The van der Waals surface area contributed by atoms with Gasteiger partial charge in [0.2, 0.25) is 5.91 Å². The fraction of sp³-hybridized carbons (Fsp3) is 0.421. The topological polar surface area (TPSA) is 78.7 Å². The number of amides is 2. The van der Waals surface area contributed by atoms with E-state index < -0.39 is 0 Å². The van der Waals surface area contributed by atoms with Crippen LogP contribution in [0.25, 0.3) is 0 Å². The molecule has 0 saturated heterocycles. The first-order valence-electron chi connectivity index (χ1n) is 9.03. The summed E-state index contributed by atoms with van der Waals surface area (Å²) in [5.41, 5.74) is 0.374. The maximum Gasteiger partial charge on any atom is 0.254 e. The van der Waals surface area contributed by atoms with E-state index in [0.29, 0.717) is 40.3 Å². The Balaban J connectivity index is 2.13. The maximum absolute atomic E-state index is 13.0. The Bertz CT molecular complexity index is 821. The molecule has 0 fully saturated rings. The van der Waals surface area contributed by atoms with Gasteiger partial charge in [-0.1, -0.05) is 42.2 Å². The molecule has 0 aliphatic rings. The first kappa shape index (κ1) is 22.2. The van der Waals surface area contributed by atoms with Crippen LogP contribution in [0.4, 0.5) is 5.82 Å². The molecule has 1 N–H and O–H groups in total. The summed E-state index contributed by atoms with van der Waals surface area (Å²) in [7, 11) is 0. The molecule has 2 rings (SSSR count). The zero-order valence-corrected chi connectivity index (χ0v) is 17.7. The number of halogens is 2. The van der Waals surface area contributed by atoms with Gasteiger partial charge in [0.1, 0.15) is 12.3 Å². The Morgan fingerprint density at radius 1 is 1.11 bits per heavy atom. The highest BCUT2D eigenvalue weighted by molar-refractivity contribution is 6.42. The van der Waals surface area contributed by atoms with Gasteiger partial charge in [-0.2, -0.15) is 0 Å². The lowest BCUT2D eigenvalue weighted by atomic mass is 10.2. The first-order chi connectivity index (χ1) is 13.3. The molecule has 0 saturated carbocycles. The predicted octanol–water partition coefficient (Wildman–Crippen LogP) is 3.71. The summed E-state index contributed by atoms with van der Waals surface area (Å²) in [6, 6.07) is 6.28. The average Bonchev–Trinajstić information content (AvgIpc) is 3.07. The number of likely N-dealkylation sites (N-methyl/N-ethyl adjacent to an activating group) is 1. The van der Waals surface area contributed by atoms with E-state index in [4.69, 9.17) is 27.7 Å². The Kier molecular flexibility index (Phi) is 8.29. The summed E-state index contributed by atoms with van der Waals surface area (Å²) < 4.78 is 4.94. The highest BCUT2D eigenvalue weighted by atomic mass is 35.5. The fourth-order valence-corrected chi connectivity index (χ4v) is 2.95. The van der Waals surface area contributed by atoms with E-state index in [2.05, 4.69) is 15.4 Å². The van der Waals surface area contributed by atoms with Crippen LogP contribution >= 0.6 is 23.2 Å². The third-order valence-corrected chi connectivity index (χ3v) is 5.00. The minimum Gasteiger partial charge on any atom is -0.360 e. The van der Waals surface area contributed by atoms with Crippen molar-refractivity contribution < 1.29 is 14.1 Å². The number of hydrogen-bond acceptors (Lipinski definition) is 5. The average molecular weight is 427 g/mol. The van der Waals surface area contributed by atoms with Crippen LogP contribution in [0.3, 0.4) is 0 Å². The van der Waals surface area contributed by atoms with E-state index in [-0.39, 0.29) is 18.4 Å². The smallest absolute Gasteiger partial charge is 0.254 e. The van der Waals surface area contributed by atoms with Gasteiger partial charge >= 0.3 is 0 Å². The van der Waals surface area contributed by atoms with Crippen molar-refractivity contribution in [3.8, 4) is 0 Å². The Morgan fingerprint density at radius 3 is 2.39 bits per heavy atom. The molecule has 0 aliphatic heterocycles. The molecule has 1 heterocycles. The molecule has 0 unspecified atom stereocenters. The lowest BCUT2D eigenvalue weighted by Gasteiger charge is -2.26. The highest BCUT2D eigenvalue weighted by Crippen LogP contribution is 2.23.